The lowest BCUT2D eigenvalue weighted by molar-refractivity contribution is -0.120. The Kier molecular flexibility index (Phi) is 10.8. The van der Waals surface area contributed by atoms with Crippen molar-refractivity contribution in [2.75, 3.05) is 45.2 Å². The molecule has 1 atom stereocenters. The standard InChI is InChI=1S/C35H43ClN4O7S/c1-9-47-24-13-15-28-26(21-24)35(5,25-19-22(11-14-27(25)36)31(41)37-17-10-18-39(6)7)33(43)40(28)48(44,45)30-16-12-23(20-29(30)46-8)32(42)38-34(2,3)4/h11-16,19-21H,9-10,17-18H2,1-8H3,(H,37,41)(H,38,42). The summed E-state index contributed by atoms with van der Waals surface area (Å²) in [6.07, 6.45) is 0.738. The Labute approximate surface area is 287 Å². The molecule has 1 aliphatic heterocycles. The number of fused-ring (bicyclic) bond motifs is 1. The minimum absolute atomic E-state index is 0.0946. The Bertz CT molecular complexity index is 1840. The van der Waals surface area contributed by atoms with E-state index in [4.69, 9.17) is 21.1 Å². The van der Waals surface area contributed by atoms with Crippen LogP contribution in [0.2, 0.25) is 5.02 Å². The van der Waals surface area contributed by atoms with E-state index in [1.807, 2.05) is 46.7 Å². The smallest absolute Gasteiger partial charge is 0.274 e. The van der Waals surface area contributed by atoms with Crippen LogP contribution in [0.3, 0.4) is 0 Å². The summed E-state index contributed by atoms with van der Waals surface area (Å²) < 4.78 is 40.9. The van der Waals surface area contributed by atoms with Crippen LogP contribution in [-0.4, -0.2) is 77.5 Å². The van der Waals surface area contributed by atoms with E-state index in [-0.39, 0.29) is 44.0 Å². The Morgan fingerprint density at radius 2 is 1.65 bits per heavy atom. The predicted molar refractivity (Wildman–Crippen MR) is 186 cm³/mol. The minimum atomic E-state index is -4.63. The number of sulfonamides is 1. The second-order valence-electron chi connectivity index (χ2n) is 13.0. The van der Waals surface area contributed by atoms with Crippen LogP contribution in [0.4, 0.5) is 5.69 Å². The van der Waals surface area contributed by atoms with Crippen LogP contribution in [0.15, 0.2) is 59.5 Å². The van der Waals surface area contributed by atoms with E-state index >= 15 is 0 Å². The average molecular weight is 699 g/mol. The van der Waals surface area contributed by atoms with E-state index in [9.17, 15) is 22.8 Å². The molecule has 258 valence electrons. The van der Waals surface area contributed by atoms with E-state index < -0.39 is 32.8 Å². The maximum Gasteiger partial charge on any atom is 0.274 e. The molecule has 0 saturated carbocycles. The van der Waals surface area contributed by atoms with Crippen molar-refractivity contribution in [1.82, 2.24) is 15.5 Å². The van der Waals surface area contributed by atoms with Crippen molar-refractivity contribution in [2.45, 2.75) is 56.9 Å². The van der Waals surface area contributed by atoms with Gasteiger partial charge in [0.25, 0.3) is 27.7 Å². The van der Waals surface area contributed by atoms with Crippen LogP contribution in [0, 0.1) is 0 Å². The van der Waals surface area contributed by atoms with Gasteiger partial charge >= 0.3 is 0 Å². The number of anilines is 1. The minimum Gasteiger partial charge on any atom is -0.495 e. The number of benzene rings is 3. The van der Waals surface area contributed by atoms with E-state index in [0.29, 0.717) is 24.5 Å². The van der Waals surface area contributed by atoms with Crippen LogP contribution in [0.1, 0.15) is 72.9 Å². The largest absolute Gasteiger partial charge is 0.495 e. The average Bonchev–Trinajstić information content (AvgIpc) is 3.25. The van der Waals surface area contributed by atoms with Gasteiger partial charge in [-0.25, -0.2) is 12.7 Å². The monoisotopic (exact) mass is 698 g/mol. The topological polar surface area (TPSA) is 134 Å². The van der Waals surface area contributed by atoms with Gasteiger partial charge in [0.15, 0.2) is 0 Å². The number of carbonyl (C=O) groups excluding carboxylic acids is 3. The number of halogens is 1. The molecule has 0 saturated heterocycles. The van der Waals surface area contributed by atoms with Crippen molar-refractivity contribution in [3.8, 4) is 11.5 Å². The Balaban J connectivity index is 1.83. The van der Waals surface area contributed by atoms with E-state index in [1.54, 1.807) is 25.1 Å². The number of ether oxygens (including phenoxy) is 2. The van der Waals surface area contributed by atoms with Crippen LogP contribution < -0.4 is 24.4 Å². The molecule has 0 radical (unpaired) electrons. The molecule has 2 N–H and O–H groups in total. The highest BCUT2D eigenvalue weighted by Crippen LogP contribution is 2.51. The third-order valence-electron chi connectivity index (χ3n) is 7.92. The van der Waals surface area contributed by atoms with Crippen LogP contribution in [0.25, 0.3) is 0 Å². The third kappa shape index (κ3) is 7.30. The van der Waals surface area contributed by atoms with Gasteiger partial charge in [0, 0.05) is 33.8 Å². The van der Waals surface area contributed by atoms with Crippen molar-refractivity contribution >= 4 is 45.0 Å². The Morgan fingerprint density at radius 1 is 0.979 bits per heavy atom. The molecule has 3 aromatic rings. The second-order valence-corrected chi connectivity index (χ2v) is 15.2. The number of methoxy groups -OCH3 is 1. The highest BCUT2D eigenvalue weighted by molar-refractivity contribution is 7.93. The van der Waals surface area contributed by atoms with Crippen LogP contribution >= 0.6 is 11.6 Å². The first-order valence-electron chi connectivity index (χ1n) is 15.6. The first kappa shape index (κ1) is 36.7. The number of hydrogen-bond donors (Lipinski definition) is 2. The number of carbonyl (C=O) groups is 3. The molecule has 13 heteroatoms. The fraction of sp³-hybridized carbons (Fsp3) is 0.400. The zero-order chi connectivity index (χ0) is 35.6. The number of hydrogen-bond acceptors (Lipinski definition) is 8. The maximum atomic E-state index is 14.7. The fourth-order valence-corrected chi connectivity index (χ4v) is 7.52. The summed E-state index contributed by atoms with van der Waals surface area (Å²) in [6.45, 7) is 10.4. The molecule has 3 amide bonds. The van der Waals surface area contributed by atoms with Gasteiger partial charge in [-0.3, -0.25) is 14.4 Å². The summed E-state index contributed by atoms with van der Waals surface area (Å²) in [5, 5.41) is 5.90. The molecule has 0 aliphatic carbocycles. The van der Waals surface area contributed by atoms with Gasteiger partial charge in [-0.15, -0.1) is 0 Å². The van der Waals surface area contributed by atoms with Crippen molar-refractivity contribution in [2.24, 2.45) is 0 Å². The van der Waals surface area contributed by atoms with E-state index in [1.165, 1.54) is 43.5 Å². The van der Waals surface area contributed by atoms with Crippen LogP contribution in [-0.2, 0) is 20.2 Å². The Hall–Kier alpha value is -4.13. The molecule has 48 heavy (non-hydrogen) atoms. The first-order chi connectivity index (χ1) is 22.4. The molecule has 0 bridgehead atoms. The van der Waals surface area contributed by atoms with E-state index in [2.05, 4.69) is 10.6 Å². The zero-order valence-electron chi connectivity index (χ0n) is 28.6. The molecule has 0 spiro atoms. The van der Waals surface area contributed by atoms with Gasteiger partial charge in [0.1, 0.15) is 21.8 Å². The summed E-state index contributed by atoms with van der Waals surface area (Å²) in [7, 11) is 0.553. The van der Waals surface area contributed by atoms with Gasteiger partial charge in [-0.2, -0.15) is 0 Å². The molecule has 11 nitrogen and oxygen atoms in total. The maximum absolute atomic E-state index is 14.7. The molecule has 0 fully saturated rings. The predicted octanol–water partition coefficient (Wildman–Crippen LogP) is 5.00. The van der Waals surface area contributed by atoms with Gasteiger partial charge < -0.3 is 25.0 Å². The van der Waals surface area contributed by atoms with Crippen molar-refractivity contribution < 1.29 is 32.3 Å². The summed E-state index contributed by atoms with van der Waals surface area (Å²) in [5.74, 6) is -1.27. The molecule has 0 aromatic heterocycles. The van der Waals surface area contributed by atoms with Crippen molar-refractivity contribution in [3.05, 3.63) is 81.9 Å². The second kappa shape index (κ2) is 14.2. The van der Waals surface area contributed by atoms with Crippen LogP contribution in [0.5, 0.6) is 11.5 Å². The summed E-state index contributed by atoms with van der Waals surface area (Å²) >= 11 is 6.74. The quantitative estimate of drug-likeness (QED) is 0.253. The third-order valence-corrected chi connectivity index (χ3v) is 9.98. The molecule has 1 unspecified atom stereocenters. The summed E-state index contributed by atoms with van der Waals surface area (Å²) in [4.78, 5) is 42.4. The lowest BCUT2D eigenvalue weighted by Gasteiger charge is -2.27. The van der Waals surface area contributed by atoms with Gasteiger partial charge in [0.2, 0.25) is 0 Å². The highest BCUT2D eigenvalue weighted by Gasteiger charge is 2.54. The summed E-state index contributed by atoms with van der Waals surface area (Å²) in [6, 6.07) is 13.3. The number of amides is 3. The van der Waals surface area contributed by atoms with Crippen molar-refractivity contribution in [3.63, 3.8) is 0 Å². The lowest BCUT2D eigenvalue weighted by Crippen LogP contribution is -2.43. The lowest BCUT2D eigenvalue weighted by atomic mass is 9.76. The number of nitrogens with one attached hydrogen (secondary N) is 2. The first-order valence-corrected chi connectivity index (χ1v) is 17.4. The molecule has 1 aliphatic rings. The zero-order valence-corrected chi connectivity index (χ0v) is 30.1. The normalized spacial score (nSPS) is 16.1. The molecule has 4 rings (SSSR count). The molecule has 3 aromatic carbocycles. The highest BCUT2D eigenvalue weighted by atomic mass is 35.5. The molecular weight excluding hydrogens is 656 g/mol. The summed E-state index contributed by atoms with van der Waals surface area (Å²) in [5.41, 5.74) is -1.05. The van der Waals surface area contributed by atoms with Crippen molar-refractivity contribution in [1.29, 1.82) is 0 Å². The number of nitrogens with zero attached hydrogens (tertiary/aromatic N) is 2. The molecular formula is C35H43ClN4O7S. The fourth-order valence-electron chi connectivity index (χ4n) is 5.56. The Morgan fingerprint density at radius 3 is 2.27 bits per heavy atom. The number of rotatable bonds is 12. The van der Waals surface area contributed by atoms with Gasteiger partial charge in [0.05, 0.1) is 19.4 Å². The SMILES string of the molecule is CCOc1ccc2c(c1)C(C)(c1cc(C(=O)NCCCN(C)C)ccc1Cl)C(=O)N2S(=O)(=O)c1ccc(C(=O)NC(C)(C)C)cc1OC. The van der Waals surface area contributed by atoms with Gasteiger partial charge in [-0.1, -0.05) is 11.6 Å². The molecule has 1 heterocycles. The van der Waals surface area contributed by atoms with Gasteiger partial charge in [-0.05, 0) is 122 Å². The van der Waals surface area contributed by atoms with E-state index in [0.717, 1.165) is 17.3 Å².